The van der Waals surface area contributed by atoms with Gasteiger partial charge in [0.2, 0.25) is 0 Å². The Morgan fingerprint density at radius 3 is 2.71 bits per heavy atom. The lowest BCUT2D eigenvalue weighted by molar-refractivity contribution is -0.385. The van der Waals surface area contributed by atoms with E-state index in [1.807, 2.05) is 19.9 Å². The van der Waals surface area contributed by atoms with Crippen molar-refractivity contribution in [3.63, 3.8) is 0 Å². The lowest BCUT2D eigenvalue weighted by Crippen LogP contribution is -2.35. The van der Waals surface area contributed by atoms with Crippen molar-refractivity contribution in [2.75, 3.05) is 13.1 Å². The van der Waals surface area contributed by atoms with E-state index >= 15 is 0 Å². The van der Waals surface area contributed by atoms with Gasteiger partial charge in [-0.25, -0.2) is 4.39 Å². The van der Waals surface area contributed by atoms with Gasteiger partial charge in [0.25, 0.3) is 11.6 Å². The SMILES string of the molecule is CC(C)CN(CCC#N)C(=O)c1cc(F)ccc1[N+](=O)[O-]. The monoisotopic (exact) mass is 293 g/mol. The van der Waals surface area contributed by atoms with E-state index in [-0.39, 0.29) is 24.4 Å². The number of rotatable bonds is 6. The molecule has 7 heteroatoms. The number of carbonyl (C=O) groups is 1. The van der Waals surface area contributed by atoms with Crippen molar-refractivity contribution in [3.8, 4) is 6.07 Å². The van der Waals surface area contributed by atoms with Gasteiger partial charge in [-0.05, 0) is 18.1 Å². The van der Waals surface area contributed by atoms with E-state index in [0.29, 0.717) is 6.54 Å². The van der Waals surface area contributed by atoms with Crippen molar-refractivity contribution in [2.24, 2.45) is 5.92 Å². The summed E-state index contributed by atoms with van der Waals surface area (Å²) in [6.45, 7) is 4.26. The normalized spacial score (nSPS) is 10.2. The summed E-state index contributed by atoms with van der Waals surface area (Å²) in [6, 6.07) is 4.70. The molecule has 0 fully saturated rings. The van der Waals surface area contributed by atoms with Gasteiger partial charge in [0, 0.05) is 19.2 Å². The highest BCUT2D eigenvalue weighted by Gasteiger charge is 2.25. The second-order valence-corrected chi connectivity index (χ2v) is 4.97. The zero-order valence-electron chi connectivity index (χ0n) is 11.9. The molecule has 1 aromatic carbocycles. The van der Waals surface area contributed by atoms with E-state index in [4.69, 9.17) is 5.26 Å². The summed E-state index contributed by atoms with van der Waals surface area (Å²) in [5.74, 6) is -1.22. The first-order valence-corrected chi connectivity index (χ1v) is 6.47. The number of nitrogens with zero attached hydrogens (tertiary/aromatic N) is 3. The Morgan fingerprint density at radius 1 is 1.52 bits per heavy atom. The largest absolute Gasteiger partial charge is 0.337 e. The molecule has 0 heterocycles. The third-order valence-corrected chi connectivity index (χ3v) is 2.75. The molecule has 0 unspecified atom stereocenters. The van der Waals surface area contributed by atoms with Gasteiger partial charge in [-0.3, -0.25) is 14.9 Å². The minimum absolute atomic E-state index is 0.113. The summed E-state index contributed by atoms with van der Waals surface area (Å²) in [6.07, 6.45) is 0.113. The van der Waals surface area contributed by atoms with Crippen LogP contribution < -0.4 is 0 Å². The molecule has 0 aliphatic carbocycles. The number of hydrogen-bond donors (Lipinski definition) is 0. The molecular formula is C14H16FN3O3. The highest BCUT2D eigenvalue weighted by Crippen LogP contribution is 2.22. The predicted molar refractivity (Wildman–Crippen MR) is 74.0 cm³/mol. The van der Waals surface area contributed by atoms with Crippen LogP contribution in [0.5, 0.6) is 0 Å². The smallest absolute Gasteiger partial charge is 0.282 e. The van der Waals surface area contributed by atoms with Crippen LogP contribution in [-0.2, 0) is 0 Å². The maximum absolute atomic E-state index is 13.3. The van der Waals surface area contributed by atoms with E-state index in [2.05, 4.69) is 0 Å². The van der Waals surface area contributed by atoms with Gasteiger partial charge in [0.05, 0.1) is 17.4 Å². The predicted octanol–water partition coefficient (Wildman–Crippen LogP) is 2.75. The van der Waals surface area contributed by atoms with Gasteiger partial charge in [0.1, 0.15) is 11.4 Å². The topological polar surface area (TPSA) is 87.2 Å². The Morgan fingerprint density at radius 2 is 2.19 bits per heavy atom. The van der Waals surface area contributed by atoms with Gasteiger partial charge in [-0.1, -0.05) is 13.8 Å². The summed E-state index contributed by atoms with van der Waals surface area (Å²) in [5.41, 5.74) is -0.731. The van der Waals surface area contributed by atoms with E-state index in [1.54, 1.807) is 0 Å². The molecule has 0 saturated carbocycles. The molecular weight excluding hydrogens is 277 g/mol. The van der Waals surface area contributed by atoms with Crippen LogP contribution in [0.15, 0.2) is 18.2 Å². The lowest BCUT2D eigenvalue weighted by atomic mass is 10.1. The van der Waals surface area contributed by atoms with E-state index < -0.39 is 22.3 Å². The van der Waals surface area contributed by atoms with Gasteiger partial charge < -0.3 is 4.90 Å². The summed E-state index contributed by atoms with van der Waals surface area (Å²) < 4.78 is 13.3. The Balaban J connectivity index is 3.16. The van der Waals surface area contributed by atoms with Crippen LogP contribution in [0, 0.1) is 33.2 Å². The minimum Gasteiger partial charge on any atom is -0.337 e. The van der Waals surface area contributed by atoms with Crippen LogP contribution in [0.4, 0.5) is 10.1 Å². The zero-order chi connectivity index (χ0) is 16.0. The maximum atomic E-state index is 13.3. The van der Waals surface area contributed by atoms with Crippen LogP contribution >= 0.6 is 0 Å². The standard InChI is InChI=1S/C14H16FN3O3/c1-10(2)9-17(7-3-6-16)14(19)12-8-11(15)4-5-13(12)18(20)21/h4-5,8,10H,3,7,9H2,1-2H3. The van der Waals surface area contributed by atoms with Crippen LogP contribution in [0.2, 0.25) is 0 Å². The molecule has 0 aliphatic heterocycles. The molecule has 0 spiro atoms. The fourth-order valence-electron chi connectivity index (χ4n) is 1.91. The average Bonchev–Trinajstić information content (AvgIpc) is 2.41. The molecule has 21 heavy (non-hydrogen) atoms. The van der Waals surface area contributed by atoms with Crippen molar-refractivity contribution < 1.29 is 14.1 Å². The van der Waals surface area contributed by atoms with Crippen LogP contribution in [0.3, 0.4) is 0 Å². The van der Waals surface area contributed by atoms with Gasteiger partial charge >= 0.3 is 0 Å². The number of nitro groups is 1. The molecule has 6 nitrogen and oxygen atoms in total. The second-order valence-electron chi connectivity index (χ2n) is 4.97. The number of amides is 1. The van der Waals surface area contributed by atoms with Crippen molar-refractivity contribution in [2.45, 2.75) is 20.3 Å². The van der Waals surface area contributed by atoms with Crippen molar-refractivity contribution in [1.82, 2.24) is 4.90 Å². The molecule has 0 radical (unpaired) electrons. The minimum atomic E-state index is -0.718. The summed E-state index contributed by atoms with van der Waals surface area (Å²) in [4.78, 5) is 24.0. The molecule has 1 amide bonds. The number of nitro benzene ring substituents is 1. The lowest BCUT2D eigenvalue weighted by Gasteiger charge is -2.23. The van der Waals surface area contributed by atoms with Gasteiger partial charge in [-0.2, -0.15) is 5.26 Å². The second kappa shape index (κ2) is 7.33. The number of carbonyl (C=O) groups excluding carboxylic acids is 1. The number of nitriles is 1. The molecule has 1 aromatic rings. The first-order chi connectivity index (χ1) is 9.86. The molecule has 0 atom stereocenters. The Labute approximate surface area is 121 Å². The van der Waals surface area contributed by atoms with Gasteiger partial charge in [-0.15, -0.1) is 0 Å². The number of halogens is 1. The van der Waals surface area contributed by atoms with E-state index in [0.717, 1.165) is 18.2 Å². The molecule has 0 saturated heterocycles. The van der Waals surface area contributed by atoms with Crippen LogP contribution in [0.25, 0.3) is 0 Å². The quantitative estimate of drug-likeness (QED) is 0.596. The first kappa shape index (κ1) is 16.6. The molecule has 0 N–H and O–H groups in total. The molecule has 112 valence electrons. The van der Waals surface area contributed by atoms with Crippen molar-refractivity contribution >= 4 is 11.6 Å². The number of benzene rings is 1. The Kier molecular flexibility index (Phi) is 5.79. The highest BCUT2D eigenvalue weighted by molar-refractivity contribution is 5.98. The molecule has 0 aromatic heterocycles. The van der Waals surface area contributed by atoms with Gasteiger partial charge in [0.15, 0.2) is 0 Å². The molecule has 1 rings (SSSR count). The summed E-state index contributed by atoms with van der Waals surface area (Å²) in [7, 11) is 0. The average molecular weight is 293 g/mol. The zero-order valence-corrected chi connectivity index (χ0v) is 11.9. The van der Waals surface area contributed by atoms with Crippen molar-refractivity contribution in [3.05, 3.63) is 39.7 Å². The summed E-state index contributed by atoms with van der Waals surface area (Å²) >= 11 is 0. The Hall–Kier alpha value is -2.49. The fraction of sp³-hybridized carbons (Fsp3) is 0.429. The summed E-state index contributed by atoms with van der Waals surface area (Å²) in [5, 5.41) is 19.6. The first-order valence-electron chi connectivity index (χ1n) is 6.47. The molecule has 0 aliphatic rings. The highest BCUT2D eigenvalue weighted by atomic mass is 19.1. The van der Waals surface area contributed by atoms with Crippen LogP contribution in [-0.4, -0.2) is 28.8 Å². The third-order valence-electron chi connectivity index (χ3n) is 2.75. The molecule has 0 bridgehead atoms. The fourth-order valence-corrected chi connectivity index (χ4v) is 1.91. The van der Waals surface area contributed by atoms with E-state index in [1.165, 1.54) is 4.90 Å². The van der Waals surface area contributed by atoms with Crippen LogP contribution in [0.1, 0.15) is 30.6 Å². The van der Waals surface area contributed by atoms with E-state index in [9.17, 15) is 19.3 Å². The van der Waals surface area contributed by atoms with Crippen molar-refractivity contribution in [1.29, 1.82) is 5.26 Å². The Bertz CT molecular complexity index is 581. The number of hydrogen-bond acceptors (Lipinski definition) is 4. The third kappa shape index (κ3) is 4.53. The maximum Gasteiger partial charge on any atom is 0.282 e.